The van der Waals surface area contributed by atoms with Gasteiger partial charge in [-0.2, -0.15) is 39.5 Å². The maximum atomic E-state index is 12.8. The Labute approximate surface area is 135 Å². The van der Waals surface area contributed by atoms with E-state index in [0.29, 0.717) is 6.42 Å². The second-order valence-corrected chi connectivity index (χ2v) is 9.42. The van der Waals surface area contributed by atoms with E-state index in [-0.39, 0.29) is 12.8 Å². The summed E-state index contributed by atoms with van der Waals surface area (Å²) in [6.45, 7) is 0. The monoisotopic (exact) mass is 402 g/mol. The van der Waals surface area contributed by atoms with E-state index in [1.807, 2.05) is 0 Å². The highest BCUT2D eigenvalue weighted by Gasteiger charge is 2.76. The van der Waals surface area contributed by atoms with Gasteiger partial charge >= 0.3 is 26.6 Å². The molecule has 0 amide bonds. The van der Waals surface area contributed by atoms with Gasteiger partial charge in [0.2, 0.25) is 16.2 Å². The van der Waals surface area contributed by atoms with Gasteiger partial charge in [-0.3, -0.25) is 14.4 Å². The molecule has 1 saturated carbocycles. The molecule has 1 rings (SSSR count). The Morgan fingerprint density at radius 3 is 1.12 bits per heavy atom. The van der Waals surface area contributed by atoms with Crippen molar-refractivity contribution in [2.24, 2.45) is 0 Å². The molecule has 0 aromatic rings. The van der Waals surface area contributed by atoms with Crippen LogP contribution in [0.5, 0.6) is 0 Å². The number of carbonyl (C=O) groups excluding carboxylic acids is 3. The summed E-state index contributed by atoms with van der Waals surface area (Å²) >= 11 is 0. The van der Waals surface area contributed by atoms with Crippen LogP contribution in [0.1, 0.15) is 32.1 Å². The van der Waals surface area contributed by atoms with Crippen LogP contribution in [-0.2, 0) is 14.4 Å². The molecule has 25 heavy (non-hydrogen) atoms. The standard InChI is InChI=1S/C12H11F9O3Si/c13-10(14,15)7(22)25(8(23)11(16,17)18,9(24)12(19,20)21)6-4-2-1-3-5-6/h6H,1-5H2. The Morgan fingerprint density at radius 1 is 0.600 bits per heavy atom. The molecule has 0 atom stereocenters. The summed E-state index contributed by atoms with van der Waals surface area (Å²) in [5, 5.41) is -10.5. The van der Waals surface area contributed by atoms with Crippen LogP contribution in [0.4, 0.5) is 39.5 Å². The molecule has 1 aliphatic rings. The molecular formula is C12H11F9O3Si. The molecule has 0 heterocycles. The molecule has 0 aromatic heterocycles. The molecule has 3 nitrogen and oxygen atoms in total. The van der Waals surface area contributed by atoms with Crippen LogP contribution in [0.2, 0.25) is 5.54 Å². The van der Waals surface area contributed by atoms with Crippen LogP contribution >= 0.6 is 0 Å². The van der Waals surface area contributed by atoms with Crippen molar-refractivity contribution in [3.63, 3.8) is 0 Å². The third-order valence-corrected chi connectivity index (χ3v) is 8.87. The van der Waals surface area contributed by atoms with Crippen molar-refractivity contribution in [3.8, 4) is 0 Å². The first-order valence-electron chi connectivity index (χ1n) is 6.92. The topological polar surface area (TPSA) is 51.2 Å². The largest absolute Gasteiger partial charge is 0.446 e. The van der Waals surface area contributed by atoms with Gasteiger partial charge < -0.3 is 0 Å². The highest BCUT2D eigenvalue weighted by molar-refractivity contribution is 7.42. The summed E-state index contributed by atoms with van der Waals surface area (Å²) in [4.78, 5) is 35.0. The van der Waals surface area contributed by atoms with Crippen LogP contribution < -0.4 is 0 Å². The third kappa shape index (κ3) is 4.06. The van der Waals surface area contributed by atoms with Crippen LogP contribution in [0.25, 0.3) is 0 Å². The number of hydrogen-bond donors (Lipinski definition) is 0. The van der Waals surface area contributed by atoms with Gasteiger partial charge in [0, 0.05) is 0 Å². The first-order valence-corrected chi connectivity index (χ1v) is 9.00. The fourth-order valence-electron chi connectivity index (χ4n) is 3.07. The molecule has 0 bridgehead atoms. The molecular weight excluding hydrogens is 391 g/mol. The van der Waals surface area contributed by atoms with Gasteiger partial charge in [0.1, 0.15) is 0 Å². The number of alkyl halides is 9. The van der Waals surface area contributed by atoms with Gasteiger partial charge in [-0.25, -0.2) is 0 Å². The summed E-state index contributed by atoms with van der Waals surface area (Å²) in [5.41, 5.74) is -2.20. The Hall–Kier alpha value is -1.40. The fourth-order valence-corrected chi connectivity index (χ4v) is 7.42. The normalized spacial score (nSPS) is 18.1. The minimum Gasteiger partial charge on any atom is -0.294 e. The van der Waals surface area contributed by atoms with E-state index < -0.39 is 61.2 Å². The molecule has 1 fully saturated rings. The number of halogens is 9. The molecule has 0 aromatic carbocycles. The Morgan fingerprint density at radius 2 is 0.880 bits per heavy atom. The zero-order chi connectivity index (χ0) is 19.8. The average molecular weight is 402 g/mol. The highest BCUT2D eigenvalue weighted by Crippen LogP contribution is 2.46. The van der Waals surface area contributed by atoms with Crippen LogP contribution in [0.3, 0.4) is 0 Å². The van der Waals surface area contributed by atoms with E-state index in [2.05, 4.69) is 0 Å². The van der Waals surface area contributed by atoms with Crippen molar-refractivity contribution in [1.29, 1.82) is 0 Å². The van der Waals surface area contributed by atoms with Crippen molar-refractivity contribution >= 4 is 24.3 Å². The Kier molecular flexibility index (Phi) is 5.82. The minimum absolute atomic E-state index is 0.0825. The summed E-state index contributed by atoms with van der Waals surface area (Å²) in [5.74, 6) is 0. The molecule has 13 heteroatoms. The van der Waals surface area contributed by atoms with Gasteiger partial charge in [-0.1, -0.05) is 32.1 Å². The van der Waals surface area contributed by atoms with E-state index in [1.54, 1.807) is 0 Å². The molecule has 0 radical (unpaired) electrons. The van der Waals surface area contributed by atoms with E-state index in [9.17, 15) is 53.9 Å². The lowest BCUT2D eigenvalue weighted by Crippen LogP contribution is -2.72. The Balaban J connectivity index is 3.77. The van der Waals surface area contributed by atoms with Crippen molar-refractivity contribution in [2.75, 3.05) is 0 Å². The predicted molar refractivity (Wildman–Crippen MR) is 65.8 cm³/mol. The molecule has 144 valence electrons. The molecule has 0 unspecified atom stereocenters. The SMILES string of the molecule is O=C(C(F)(F)F)[Si](C(=O)C(F)(F)F)(C(=O)C(F)(F)F)C1CCCCC1. The van der Waals surface area contributed by atoms with E-state index in [4.69, 9.17) is 0 Å². The maximum Gasteiger partial charge on any atom is 0.446 e. The average Bonchev–Trinajstić information content (AvgIpc) is 2.45. The second kappa shape index (κ2) is 6.72. The Bertz CT molecular complexity index is 491. The zero-order valence-electron chi connectivity index (χ0n) is 12.2. The van der Waals surface area contributed by atoms with Gasteiger partial charge in [0.05, 0.1) is 0 Å². The summed E-state index contributed by atoms with van der Waals surface area (Å²) < 4.78 is 116. The molecule has 0 saturated heterocycles. The van der Waals surface area contributed by atoms with Crippen LogP contribution in [0.15, 0.2) is 0 Å². The summed E-state index contributed by atoms with van der Waals surface area (Å²) in [6.07, 6.45) is -19.7. The van der Waals surface area contributed by atoms with Crippen molar-refractivity contribution in [1.82, 2.24) is 0 Å². The predicted octanol–water partition coefficient (Wildman–Crippen LogP) is 3.78. The van der Waals surface area contributed by atoms with Gasteiger partial charge in [-0.15, -0.1) is 0 Å². The van der Waals surface area contributed by atoms with Gasteiger partial charge in [-0.05, 0) is 5.54 Å². The fraction of sp³-hybridized carbons (Fsp3) is 0.750. The summed E-state index contributed by atoms with van der Waals surface area (Å²) in [7, 11) is -6.90. The minimum atomic E-state index is -6.90. The number of carbonyl (C=O) groups is 3. The lowest BCUT2D eigenvalue weighted by molar-refractivity contribution is -0.175. The van der Waals surface area contributed by atoms with Gasteiger partial charge in [0.15, 0.2) is 0 Å². The molecule has 0 N–H and O–H groups in total. The smallest absolute Gasteiger partial charge is 0.294 e. The highest BCUT2D eigenvalue weighted by atomic mass is 28.3. The lowest BCUT2D eigenvalue weighted by atomic mass is 10.0. The first kappa shape index (κ1) is 21.6. The lowest BCUT2D eigenvalue weighted by Gasteiger charge is -2.37. The van der Waals surface area contributed by atoms with Crippen molar-refractivity contribution < 1.29 is 53.9 Å². The third-order valence-electron chi connectivity index (χ3n) is 4.06. The molecule has 0 spiro atoms. The van der Waals surface area contributed by atoms with E-state index in [1.165, 1.54) is 0 Å². The number of rotatable bonds is 4. The van der Waals surface area contributed by atoms with Crippen molar-refractivity contribution in [2.45, 2.75) is 56.2 Å². The zero-order valence-corrected chi connectivity index (χ0v) is 13.2. The molecule has 0 aliphatic heterocycles. The molecule has 1 aliphatic carbocycles. The summed E-state index contributed by atoms with van der Waals surface area (Å²) in [6, 6.07) is 0. The second-order valence-electron chi connectivity index (χ2n) is 5.62. The van der Waals surface area contributed by atoms with Crippen LogP contribution in [0, 0.1) is 0 Å². The van der Waals surface area contributed by atoms with E-state index in [0.717, 1.165) is 0 Å². The van der Waals surface area contributed by atoms with E-state index >= 15 is 0 Å². The van der Waals surface area contributed by atoms with Gasteiger partial charge in [0.25, 0.3) is 0 Å². The van der Waals surface area contributed by atoms with Crippen molar-refractivity contribution in [3.05, 3.63) is 0 Å². The van der Waals surface area contributed by atoms with Crippen LogP contribution in [-0.4, -0.2) is 42.8 Å². The number of hydrogen-bond acceptors (Lipinski definition) is 3. The first-order chi connectivity index (χ1) is 11.1. The maximum absolute atomic E-state index is 12.8. The quantitative estimate of drug-likeness (QED) is 0.531.